The highest BCUT2D eigenvalue weighted by atomic mass is 19.1. The Labute approximate surface area is 160 Å². The van der Waals surface area contributed by atoms with Crippen molar-refractivity contribution in [2.45, 2.75) is 31.9 Å². The molecule has 2 aliphatic rings. The standard InChI is InChI=1S/C20H30FN3O3/c1-3-22-9-11-23(12-10-22)15-20(26)7-4-8-24(19(20)25)14-16-13-17(27-2)5-6-18(16)21/h5-6,13,26H,3-4,7-12,14-15H2,1-2H3. The average Bonchev–Trinajstić information content (AvgIpc) is 2.68. The van der Waals surface area contributed by atoms with Crippen LogP contribution in [0.25, 0.3) is 0 Å². The molecule has 1 amide bonds. The van der Waals surface area contributed by atoms with Crippen LogP contribution in [0.2, 0.25) is 0 Å². The summed E-state index contributed by atoms with van der Waals surface area (Å²) in [5.74, 6) is -0.109. The average molecular weight is 379 g/mol. The number of β-amino-alcohol motifs (C(OH)–C–C–N with tert-alkyl or cyclic N) is 1. The third kappa shape index (κ3) is 4.59. The van der Waals surface area contributed by atoms with E-state index in [0.29, 0.717) is 37.2 Å². The van der Waals surface area contributed by atoms with Crippen LogP contribution in [-0.4, -0.2) is 84.2 Å². The molecule has 2 aliphatic heterocycles. The van der Waals surface area contributed by atoms with Gasteiger partial charge in [-0.2, -0.15) is 0 Å². The summed E-state index contributed by atoms with van der Waals surface area (Å²) in [7, 11) is 1.53. The topological polar surface area (TPSA) is 56.3 Å². The zero-order chi connectivity index (χ0) is 19.4. The van der Waals surface area contributed by atoms with E-state index in [1.807, 2.05) is 0 Å². The monoisotopic (exact) mass is 379 g/mol. The highest BCUT2D eigenvalue weighted by Gasteiger charge is 2.43. The molecule has 0 spiro atoms. The number of halogens is 1. The summed E-state index contributed by atoms with van der Waals surface area (Å²) < 4.78 is 19.3. The molecule has 1 N–H and O–H groups in total. The fourth-order valence-electron chi connectivity index (χ4n) is 4.00. The smallest absolute Gasteiger partial charge is 0.256 e. The number of rotatable bonds is 6. The van der Waals surface area contributed by atoms with Crippen molar-refractivity contribution in [3.05, 3.63) is 29.6 Å². The number of amides is 1. The van der Waals surface area contributed by atoms with Gasteiger partial charge in [0, 0.05) is 51.4 Å². The van der Waals surface area contributed by atoms with Crippen molar-refractivity contribution < 1.29 is 19.0 Å². The Kier molecular flexibility index (Phi) is 6.34. The summed E-state index contributed by atoms with van der Waals surface area (Å²) in [6.45, 7) is 7.82. The van der Waals surface area contributed by atoms with Crippen LogP contribution < -0.4 is 4.74 Å². The summed E-state index contributed by atoms with van der Waals surface area (Å²) >= 11 is 0. The van der Waals surface area contributed by atoms with Crippen molar-refractivity contribution in [1.82, 2.24) is 14.7 Å². The first-order chi connectivity index (χ1) is 12.9. The first-order valence-corrected chi connectivity index (χ1v) is 9.74. The molecule has 3 rings (SSSR count). The van der Waals surface area contributed by atoms with E-state index in [4.69, 9.17) is 4.74 Å². The van der Waals surface area contributed by atoms with Gasteiger partial charge in [0.1, 0.15) is 11.6 Å². The molecule has 0 aliphatic carbocycles. The Hall–Kier alpha value is -1.70. The fourth-order valence-corrected chi connectivity index (χ4v) is 4.00. The van der Waals surface area contributed by atoms with Gasteiger partial charge in [-0.15, -0.1) is 0 Å². The Morgan fingerprint density at radius 1 is 1.19 bits per heavy atom. The van der Waals surface area contributed by atoms with Gasteiger partial charge in [-0.1, -0.05) is 6.92 Å². The fraction of sp³-hybridized carbons (Fsp3) is 0.650. The number of ether oxygens (including phenoxy) is 1. The Morgan fingerprint density at radius 3 is 2.56 bits per heavy atom. The SMILES string of the molecule is CCN1CCN(CC2(O)CCCN(Cc3cc(OC)ccc3F)C2=O)CC1. The number of piperidine rings is 1. The van der Waals surface area contributed by atoms with Crippen LogP contribution in [0, 0.1) is 5.82 Å². The predicted molar refractivity (Wildman–Crippen MR) is 101 cm³/mol. The lowest BCUT2D eigenvalue weighted by Gasteiger charge is -2.43. The minimum absolute atomic E-state index is 0.147. The minimum Gasteiger partial charge on any atom is -0.497 e. The number of benzene rings is 1. The van der Waals surface area contributed by atoms with Crippen LogP contribution in [0.15, 0.2) is 18.2 Å². The number of carbonyl (C=O) groups excluding carboxylic acids is 1. The van der Waals surface area contributed by atoms with Crippen LogP contribution in [0.5, 0.6) is 5.75 Å². The number of carbonyl (C=O) groups is 1. The number of piperazine rings is 1. The summed E-state index contributed by atoms with van der Waals surface area (Å²) in [4.78, 5) is 19.1. The molecular formula is C20H30FN3O3. The molecule has 2 heterocycles. The van der Waals surface area contributed by atoms with Gasteiger partial charge < -0.3 is 19.6 Å². The molecule has 1 atom stereocenters. The summed E-state index contributed by atoms with van der Waals surface area (Å²) in [6.07, 6.45) is 1.17. The number of nitrogens with zero attached hydrogens (tertiary/aromatic N) is 3. The molecule has 1 aromatic rings. The molecule has 0 aromatic heterocycles. The van der Waals surface area contributed by atoms with E-state index in [1.54, 1.807) is 17.0 Å². The summed E-state index contributed by atoms with van der Waals surface area (Å²) in [5, 5.41) is 11.1. The van der Waals surface area contributed by atoms with Crippen molar-refractivity contribution in [2.75, 3.05) is 52.9 Å². The van der Waals surface area contributed by atoms with Crippen LogP contribution >= 0.6 is 0 Å². The Bertz CT molecular complexity index is 664. The molecule has 1 aromatic carbocycles. The first-order valence-electron chi connectivity index (χ1n) is 9.74. The van der Waals surface area contributed by atoms with E-state index < -0.39 is 5.60 Å². The van der Waals surface area contributed by atoms with Gasteiger partial charge in [0.25, 0.3) is 5.91 Å². The third-order valence-electron chi connectivity index (χ3n) is 5.72. The van der Waals surface area contributed by atoms with Crippen LogP contribution in [0.4, 0.5) is 4.39 Å². The lowest BCUT2D eigenvalue weighted by molar-refractivity contribution is -0.160. The number of aliphatic hydroxyl groups is 1. The first kappa shape index (κ1) is 20.0. The Morgan fingerprint density at radius 2 is 1.89 bits per heavy atom. The molecule has 7 heteroatoms. The molecule has 150 valence electrons. The van der Waals surface area contributed by atoms with Gasteiger partial charge in [0.05, 0.1) is 7.11 Å². The second-order valence-corrected chi connectivity index (χ2v) is 7.53. The van der Waals surface area contributed by atoms with Crippen LogP contribution in [-0.2, 0) is 11.3 Å². The van der Waals surface area contributed by atoms with E-state index in [-0.39, 0.29) is 18.3 Å². The van der Waals surface area contributed by atoms with Crippen molar-refractivity contribution in [3.63, 3.8) is 0 Å². The summed E-state index contributed by atoms with van der Waals surface area (Å²) in [5.41, 5.74) is -0.981. The van der Waals surface area contributed by atoms with Crippen molar-refractivity contribution in [2.24, 2.45) is 0 Å². The van der Waals surface area contributed by atoms with E-state index in [0.717, 1.165) is 32.7 Å². The van der Waals surface area contributed by atoms with E-state index >= 15 is 0 Å². The number of hydrogen-bond donors (Lipinski definition) is 1. The molecule has 27 heavy (non-hydrogen) atoms. The number of likely N-dealkylation sites (N-methyl/N-ethyl adjacent to an activating group) is 1. The van der Waals surface area contributed by atoms with Crippen molar-refractivity contribution >= 4 is 5.91 Å². The Balaban J connectivity index is 1.66. The van der Waals surface area contributed by atoms with E-state index in [2.05, 4.69) is 16.7 Å². The van der Waals surface area contributed by atoms with Gasteiger partial charge in [-0.05, 0) is 37.6 Å². The van der Waals surface area contributed by atoms with Crippen LogP contribution in [0.1, 0.15) is 25.3 Å². The highest BCUT2D eigenvalue weighted by molar-refractivity contribution is 5.86. The maximum Gasteiger partial charge on any atom is 0.256 e. The maximum absolute atomic E-state index is 14.2. The van der Waals surface area contributed by atoms with Gasteiger partial charge >= 0.3 is 0 Å². The second kappa shape index (κ2) is 8.54. The molecule has 0 saturated carbocycles. The van der Waals surface area contributed by atoms with Gasteiger partial charge in [-0.25, -0.2) is 4.39 Å². The van der Waals surface area contributed by atoms with E-state index in [9.17, 15) is 14.3 Å². The van der Waals surface area contributed by atoms with E-state index in [1.165, 1.54) is 13.2 Å². The zero-order valence-electron chi connectivity index (χ0n) is 16.3. The summed E-state index contributed by atoms with van der Waals surface area (Å²) in [6, 6.07) is 4.52. The van der Waals surface area contributed by atoms with Crippen molar-refractivity contribution in [1.29, 1.82) is 0 Å². The molecule has 2 fully saturated rings. The van der Waals surface area contributed by atoms with Crippen LogP contribution in [0.3, 0.4) is 0 Å². The maximum atomic E-state index is 14.2. The molecular weight excluding hydrogens is 349 g/mol. The lowest BCUT2D eigenvalue weighted by Crippen LogP contribution is -2.60. The number of hydrogen-bond acceptors (Lipinski definition) is 5. The largest absolute Gasteiger partial charge is 0.497 e. The third-order valence-corrected chi connectivity index (χ3v) is 5.72. The molecule has 0 radical (unpaired) electrons. The normalized spacial score (nSPS) is 25.0. The predicted octanol–water partition coefficient (Wildman–Crippen LogP) is 1.33. The zero-order valence-corrected chi connectivity index (χ0v) is 16.3. The second-order valence-electron chi connectivity index (χ2n) is 7.53. The molecule has 0 bridgehead atoms. The van der Waals surface area contributed by atoms with Crippen molar-refractivity contribution in [3.8, 4) is 5.75 Å². The molecule has 2 saturated heterocycles. The minimum atomic E-state index is -1.39. The van der Waals surface area contributed by atoms with Gasteiger partial charge in [-0.3, -0.25) is 9.69 Å². The number of methoxy groups -OCH3 is 1. The highest BCUT2D eigenvalue weighted by Crippen LogP contribution is 2.27. The number of likely N-dealkylation sites (tertiary alicyclic amines) is 1. The van der Waals surface area contributed by atoms with Gasteiger partial charge in [0.15, 0.2) is 5.60 Å². The quantitative estimate of drug-likeness (QED) is 0.808. The lowest BCUT2D eigenvalue weighted by atomic mass is 9.90. The molecule has 6 nitrogen and oxygen atoms in total. The van der Waals surface area contributed by atoms with Gasteiger partial charge in [0.2, 0.25) is 0 Å². The molecule has 1 unspecified atom stereocenters.